The average Bonchev–Trinajstić information content (AvgIpc) is 2.95. The molecule has 1 N–H and O–H groups in total. The minimum absolute atomic E-state index is 0.208. The number of hydrogen-bond acceptors (Lipinski definition) is 8. The number of fused-ring (bicyclic) bond motifs is 1. The Morgan fingerprint density at radius 3 is 2.60 bits per heavy atom. The van der Waals surface area contributed by atoms with E-state index in [9.17, 15) is 13.2 Å². The van der Waals surface area contributed by atoms with Crippen molar-refractivity contribution < 1.29 is 17.9 Å². The second-order valence-electron chi connectivity index (χ2n) is 5.11. The van der Waals surface area contributed by atoms with Gasteiger partial charge in [0.25, 0.3) is 0 Å². The first kappa shape index (κ1) is 16.7. The highest BCUT2D eigenvalue weighted by atomic mass is 19.4. The van der Waals surface area contributed by atoms with Crippen LogP contribution in [0.5, 0.6) is 5.88 Å². The summed E-state index contributed by atoms with van der Waals surface area (Å²) >= 11 is 0. The van der Waals surface area contributed by atoms with Gasteiger partial charge in [-0.1, -0.05) is 0 Å². The molecule has 0 saturated heterocycles. The van der Waals surface area contributed by atoms with Crippen molar-refractivity contribution in [2.75, 3.05) is 24.3 Å². The Morgan fingerprint density at radius 1 is 1.16 bits per heavy atom. The zero-order valence-electron chi connectivity index (χ0n) is 13.2. The average molecular weight is 354 g/mol. The number of anilines is 2. The maximum Gasteiger partial charge on any atom is 0.574 e. The highest BCUT2D eigenvalue weighted by molar-refractivity contribution is 5.45. The molecule has 0 aliphatic carbocycles. The summed E-state index contributed by atoms with van der Waals surface area (Å²) in [6.07, 6.45) is -2.80. The van der Waals surface area contributed by atoms with Gasteiger partial charge in [-0.25, -0.2) is 9.97 Å². The smallest absolute Gasteiger partial charge is 0.386 e. The lowest BCUT2D eigenvalue weighted by Crippen LogP contribution is -2.18. The van der Waals surface area contributed by atoms with E-state index in [2.05, 4.69) is 35.3 Å². The fourth-order valence-corrected chi connectivity index (χ4v) is 1.92. The molecule has 25 heavy (non-hydrogen) atoms. The van der Waals surface area contributed by atoms with E-state index < -0.39 is 12.2 Å². The number of ether oxygens (including phenoxy) is 1. The molecule has 0 aromatic carbocycles. The monoisotopic (exact) mass is 354 g/mol. The van der Waals surface area contributed by atoms with Crippen LogP contribution in [0.15, 0.2) is 24.5 Å². The summed E-state index contributed by atoms with van der Waals surface area (Å²) in [7, 11) is 3.72. The predicted molar refractivity (Wildman–Crippen MR) is 81.2 cm³/mol. The van der Waals surface area contributed by atoms with Crippen LogP contribution in [0.3, 0.4) is 0 Å². The Kier molecular flexibility index (Phi) is 4.25. The first-order valence-electron chi connectivity index (χ1n) is 7.02. The lowest BCUT2D eigenvalue weighted by molar-refractivity contribution is -0.276. The molecule has 9 nitrogen and oxygen atoms in total. The number of rotatable bonds is 5. The van der Waals surface area contributed by atoms with Gasteiger partial charge < -0.3 is 15.0 Å². The maximum absolute atomic E-state index is 12.1. The zero-order chi connectivity index (χ0) is 18.0. The van der Waals surface area contributed by atoms with Crippen LogP contribution in [0.4, 0.5) is 24.8 Å². The summed E-state index contributed by atoms with van der Waals surface area (Å²) < 4.78 is 41.5. The molecule has 132 valence electrons. The van der Waals surface area contributed by atoms with Gasteiger partial charge in [-0.2, -0.15) is 4.52 Å². The molecule has 12 heteroatoms. The highest BCUT2D eigenvalue weighted by Crippen LogP contribution is 2.20. The second kappa shape index (κ2) is 6.37. The molecule has 0 unspecified atom stereocenters. The summed E-state index contributed by atoms with van der Waals surface area (Å²) in [5.41, 5.74) is 0.572. The van der Waals surface area contributed by atoms with E-state index in [0.29, 0.717) is 11.5 Å². The van der Waals surface area contributed by atoms with Crippen molar-refractivity contribution >= 4 is 17.3 Å². The van der Waals surface area contributed by atoms with Gasteiger partial charge in [-0.05, 0) is 12.1 Å². The number of nitrogens with zero attached hydrogens (tertiary/aromatic N) is 7. The Balaban J connectivity index is 1.71. The van der Waals surface area contributed by atoms with E-state index in [-0.39, 0.29) is 12.4 Å². The third kappa shape index (κ3) is 4.02. The zero-order valence-corrected chi connectivity index (χ0v) is 13.2. The van der Waals surface area contributed by atoms with Crippen LogP contribution in [-0.2, 0) is 6.54 Å². The Labute approximate surface area is 139 Å². The Hall–Kier alpha value is -3.18. The van der Waals surface area contributed by atoms with Crippen LogP contribution in [0.2, 0.25) is 0 Å². The van der Waals surface area contributed by atoms with Gasteiger partial charge >= 0.3 is 6.36 Å². The molecule has 0 spiro atoms. The fourth-order valence-electron chi connectivity index (χ4n) is 1.92. The number of hydrogen-bond donors (Lipinski definition) is 1. The molecule has 0 atom stereocenters. The molecule has 0 saturated carbocycles. The minimum Gasteiger partial charge on any atom is -0.386 e. The molecule has 0 fully saturated rings. The Morgan fingerprint density at radius 2 is 1.96 bits per heavy atom. The number of alkyl halides is 3. The molecule has 0 aliphatic rings. The summed E-state index contributed by atoms with van der Waals surface area (Å²) in [6.45, 7) is 0.208. The van der Waals surface area contributed by atoms with Crippen LogP contribution in [0.25, 0.3) is 5.65 Å². The lowest BCUT2D eigenvalue weighted by atomic mass is 10.5. The third-order valence-corrected chi connectivity index (χ3v) is 3.05. The molecule has 0 amide bonds. The second-order valence-corrected chi connectivity index (χ2v) is 5.11. The third-order valence-electron chi connectivity index (χ3n) is 3.05. The molecule has 3 aromatic heterocycles. The molecule has 3 aromatic rings. The molecule has 3 rings (SSSR count). The summed E-state index contributed by atoms with van der Waals surface area (Å²) in [4.78, 5) is 9.17. The topological polar surface area (TPSA) is 93.4 Å². The van der Waals surface area contributed by atoms with Crippen LogP contribution >= 0.6 is 0 Å². The van der Waals surface area contributed by atoms with Crippen molar-refractivity contribution in [1.82, 2.24) is 29.8 Å². The van der Waals surface area contributed by atoms with E-state index in [1.54, 1.807) is 10.6 Å². The SMILES string of the molecule is CN(C)c1ccc2nnc(CNc3cnc(OC(F)(F)F)cn3)n2n1. The van der Waals surface area contributed by atoms with Gasteiger partial charge in [0.1, 0.15) is 11.6 Å². The normalized spacial score (nSPS) is 11.6. The Bertz CT molecular complexity index is 862. The molecule has 0 bridgehead atoms. The van der Waals surface area contributed by atoms with Gasteiger partial charge in [-0.15, -0.1) is 28.5 Å². The van der Waals surface area contributed by atoms with Gasteiger partial charge in [0.15, 0.2) is 11.5 Å². The van der Waals surface area contributed by atoms with Crippen molar-refractivity contribution in [3.8, 4) is 5.88 Å². The van der Waals surface area contributed by atoms with Crippen molar-refractivity contribution in [1.29, 1.82) is 0 Å². The highest BCUT2D eigenvalue weighted by Gasteiger charge is 2.31. The van der Waals surface area contributed by atoms with Crippen molar-refractivity contribution in [3.63, 3.8) is 0 Å². The largest absolute Gasteiger partial charge is 0.574 e. The van der Waals surface area contributed by atoms with Gasteiger partial charge in [0.2, 0.25) is 5.88 Å². The van der Waals surface area contributed by atoms with Crippen LogP contribution in [-0.4, -0.2) is 50.2 Å². The van der Waals surface area contributed by atoms with Gasteiger partial charge in [-0.3, -0.25) is 0 Å². The summed E-state index contributed by atoms with van der Waals surface area (Å²) in [5, 5.41) is 15.3. The van der Waals surface area contributed by atoms with Crippen LogP contribution in [0.1, 0.15) is 5.82 Å². The van der Waals surface area contributed by atoms with Crippen LogP contribution in [0, 0.1) is 0 Å². The standard InChI is InChI=1S/C13H13F3N8O/c1-23(2)10-4-3-9-20-21-11(24(9)22-10)6-17-8-5-19-12(7-18-8)25-13(14,15)16/h3-5,7H,6H2,1-2H3,(H,17,18). The summed E-state index contributed by atoms with van der Waals surface area (Å²) in [5.74, 6) is 0.858. The number of aromatic nitrogens is 6. The molecular formula is C13H13F3N8O. The first-order chi connectivity index (χ1) is 11.8. The molecular weight excluding hydrogens is 341 g/mol. The molecule has 0 radical (unpaired) electrons. The lowest BCUT2D eigenvalue weighted by Gasteiger charge is -2.11. The molecule has 0 aliphatic heterocycles. The van der Waals surface area contributed by atoms with Gasteiger partial charge in [0, 0.05) is 14.1 Å². The number of halogens is 3. The number of nitrogens with one attached hydrogen (secondary N) is 1. The van der Waals surface area contributed by atoms with Crippen molar-refractivity contribution in [2.24, 2.45) is 0 Å². The minimum atomic E-state index is -4.81. The quantitative estimate of drug-likeness (QED) is 0.737. The summed E-state index contributed by atoms with van der Waals surface area (Å²) in [6, 6.07) is 3.59. The molecule has 3 heterocycles. The van der Waals surface area contributed by atoms with Crippen LogP contribution < -0.4 is 15.0 Å². The predicted octanol–water partition coefficient (Wildman–Crippen LogP) is 1.49. The van der Waals surface area contributed by atoms with Crippen molar-refractivity contribution in [3.05, 3.63) is 30.4 Å². The maximum atomic E-state index is 12.1. The van der Waals surface area contributed by atoms with E-state index in [1.807, 2.05) is 25.1 Å². The van der Waals surface area contributed by atoms with E-state index in [0.717, 1.165) is 18.2 Å². The fraction of sp³-hybridized carbons (Fsp3) is 0.308. The van der Waals surface area contributed by atoms with E-state index in [4.69, 9.17) is 0 Å². The van der Waals surface area contributed by atoms with E-state index in [1.165, 1.54) is 0 Å². The first-order valence-corrected chi connectivity index (χ1v) is 7.02. The van der Waals surface area contributed by atoms with E-state index >= 15 is 0 Å². The van der Waals surface area contributed by atoms with Crippen molar-refractivity contribution in [2.45, 2.75) is 12.9 Å². The van der Waals surface area contributed by atoms with Gasteiger partial charge in [0.05, 0.1) is 18.9 Å².